The van der Waals surface area contributed by atoms with E-state index in [4.69, 9.17) is 5.73 Å². The standard InChI is InChI=1S/C12H19N3O3S/c1-5-6-15(3)11-7(10(16)14-2)8(13)9(19-11)12(17)18-4/h5-6,13H2,1-4H3,(H,14,16). The Balaban J connectivity index is 3.35. The number of rotatable bonds is 5. The van der Waals surface area contributed by atoms with Crippen molar-refractivity contribution in [3.8, 4) is 0 Å². The molecule has 0 aliphatic heterocycles. The summed E-state index contributed by atoms with van der Waals surface area (Å²) >= 11 is 1.18. The molecule has 0 unspecified atom stereocenters. The summed E-state index contributed by atoms with van der Waals surface area (Å²) in [5, 5.41) is 3.22. The van der Waals surface area contributed by atoms with Gasteiger partial charge in [0.05, 0.1) is 18.4 Å². The number of anilines is 2. The van der Waals surface area contributed by atoms with Gasteiger partial charge < -0.3 is 20.7 Å². The maximum absolute atomic E-state index is 11.9. The van der Waals surface area contributed by atoms with E-state index in [9.17, 15) is 9.59 Å². The number of amides is 1. The molecule has 0 bridgehead atoms. The number of hydrogen-bond donors (Lipinski definition) is 2. The van der Waals surface area contributed by atoms with Gasteiger partial charge in [-0.2, -0.15) is 0 Å². The number of nitrogens with one attached hydrogen (secondary N) is 1. The fourth-order valence-electron chi connectivity index (χ4n) is 1.73. The summed E-state index contributed by atoms with van der Waals surface area (Å²) in [6.45, 7) is 2.80. The molecule has 1 heterocycles. The van der Waals surface area contributed by atoms with Crippen LogP contribution >= 0.6 is 11.3 Å². The fourth-order valence-corrected chi connectivity index (χ4v) is 2.85. The van der Waals surface area contributed by atoms with Gasteiger partial charge in [0.15, 0.2) is 0 Å². The SMILES string of the molecule is CCCN(C)c1sc(C(=O)OC)c(N)c1C(=O)NC. The van der Waals surface area contributed by atoms with E-state index in [2.05, 4.69) is 10.1 Å². The van der Waals surface area contributed by atoms with Crippen LogP contribution in [0.3, 0.4) is 0 Å². The predicted octanol–water partition coefficient (Wildman–Crippen LogP) is 1.32. The number of methoxy groups -OCH3 is 1. The minimum atomic E-state index is -0.524. The Labute approximate surface area is 116 Å². The maximum atomic E-state index is 11.9. The number of nitrogens with two attached hydrogens (primary N) is 1. The van der Waals surface area contributed by atoms with Gasteiger partial charge in [0, 0.05) is 20.6 Å². The Morgan fingerprint density at radius 1 is 1.47 bits per heavy atom. The smallest absolute Gasteiger partial charge is 0.350 e. The van der Waals surface area contributed by atoms with E-state index >= 15 is 0 Å². The number of nitrogens with zero attached hydrogens (tertiary/aromatic N) is 1. The van der Waals surface area contributed by atoms with Crippen LogP contribution in [0.25, 0.3) is 0 Å². The van der Waals surface area contributed by atoms with Gasteiger partial charge in [-0.3, -0.25) is 4.79 Å². The Morgan fingerprint density at radius 2 is 2.11 bits per heavy atom. The molecule has 1 amide bonds. The normalized spacial score (nSPS) is 10.1. The van der Waals surface area contributed by atoms with Crippen molar-refractivity contribution < 1.29 is 14.3 Å². The van der Waals surface area contributed by atoms with Crippen LogP contribution in [0, 0.1) is 0 Å². The van der Waals surface area contributed by atoms with Crippen LogP contribution < -0.4 is 16.0 Å². The second-order valence-corrected chi connectivity index (χ2v) is 5.02. The van der Waals surface area contributed by atoms with Gasteiger partial charge in [0.25, 0.3) is 5.91 Å². The van der Waals surface area contributed by atoms with Crippen molar-refractivity contribution in [3.63, 3.8) is 0 Å². The van der Waals surface area contributed by atoms with E-state index in [1.54, 1.807) is 0 Å². The summed E-state index contributed by atoms with van der Waals surface area (Å²) in [6.07, 6.45) is 0.926. The molecule has 0 aromatic carbocycles. The highest BCUT2D eigenvalue weighted by atomic mass is 32.1. The average Bonchev–Trinajstić information content (AvgIpc) is 2.75. The molecule has 0 spiro atoms. The van der Waals surface area contributed by atoms with Crippen LogP contribution in [0.15, 0.2) is 0 Å². The Hall–Kier alpha value is -1.76. The molecular weight excluding hydrogens is 266 g/mol. The lowest BCUT2D eigenvalue weighted by atomic mass is 10.2. The average molecular weight is 285 g/mol. The van der Waals surface area contributed by atoms with Crippen molar-refractivity contribution in [2.45, 2.75) is 13.3 Å². The van der Waals surface area contributed by atoms with E-state index in [-0.39, 0.29) is 16.5 Å². The lowest BCUT2D eigenvalue weighted by Gasteiger charge is -2.17. The summed E-state index contributed by atoms with van der Waals surface area (Å²) < 4.78 is 4.68. The number of hydrogen-bond acceptors (Lipinski definition) is 6. The molecule has 106 valence electrons. The Kier molecular flexibility index (Phi) is 5.17. The summed E-state index contributed by atoms with van der Waals surface area (Å²) in [6, 6.07) is 0. The van der Waals surface area contributed by atoms with Crippen molar-refractivity contribution in [1.29, 1.82) is 0 Å². The number of esters is 1. The summed E-state index contributed by atoms with van der Waals surface area (Å²) in [5.41, 5.74) is 6.43. The van der Waals surface area contributed by atoms with Gasteiger partial charge in [0.1, 0.15) is 9.88 Å². The zero-order valence-corrected chi connectivity index (χ0v) is 12.4. The lowest BCUT2D eigenvalue weighted by Crippen LogP contribution is -2.24. The van der Waals surface area contributed by atoms with Crippen molar-refractivity contribution in [1.82, 2.24) is 5.32 Å². The molecule has 1 aromatic heterocycles. The summed E-state index contributed by atoms with van der Waals surface area (Å²) in [7, 11) is 4.68. The molecule has 3 N–H and O–H groups in total. The highest BCUT2D eigenvalue weighted by Gasteiger charge is 2.27. The molecule has 0 saturated carbocycles. The third kappa shape index (κ3) is 2.98. The van der Waals surface area contributed by atoms with E-state index in [0.717, 1.165) is 13.0 Å². The number of ether oxygens (including phenoxy) is 1. The van der Waals surface area contributed by atoms with Crippen LogP contribution in [-0.4, -0.2) is 39.6 Å². The first kappa shape index (κ1) is 15.3. The van der Waals surface area contributed by atoms with Crippen LogP contribution in [0.5, 0.6) is 0 Å². The van der Waals surface area contributed by atoms with Gasteiger partial charge in [-0.05, 0) is 6.42 Å². The van der Waals surface area contributed by atoms with Gasteiger partial charge in [0.2, 0.25) is 0 Å². The first-order chi connectivity index (χ1) is 8.97. The number of nitrogen functional groups attached to an aromatic ring is 1. The number of carbonyl (C=O) groups excluding carboxylic acids is 2. The molecule has 7 heteroatoms. The fraction of sp³-hybridized carbons (Fsp3) is 0.500. The van der Waals surface area contributed by atoms with Crippen molar-refractivity contribution >= 4 is 33.9 Å². The zero-order valence-electron chi connectivity index (χ0n) is 11.6. The molecule has 6 nitrogen and oxygen atoms in total. The molecule has 0 fully saturated rings. The van der Waals surface area contributed by atoms with Crippen molar-refractivity contribution in [2.75, 3.05) is 38.4 Å². The predicted molar refractivity (Wildman–Crippen MR) is 77.0 cm³/mol. The topological polar surface area (TPSA) is 84.7 Å². The Bertz CT molecular complexity index is 485. The highest BCUT2D eigenvalue weighted by Crippen LogP contribution is 2.38. The van der Waals surface area contributed by atoms with E-state index < -0.39 is 5.97 Å². The second-order valence-electron chi connectivity index (χ2n) is 4.02. The van der Waals surface area contributed by atoms with Crippen LogP contribution in [0.2, 0.25) is 0 Å². The zero-order chi connectivity index (χ0) is 14.6. The lowest BCUT2D eigenvalue weighted by molar-refractivity contribution is 0.0607. The van der Waals surface area contributed by atoms with Gasteiger partial charge in [-0.25, -0.2) is 4.79 Å². The molecule has 1 rings (SSSR count). The monoisotopic (exact) mass is 285 g/mol. The molecule has 0 saturated heterocycles. The first-order valence-corrected chi connectivity index (χ1v) is 6.73. The molecule has 1 aromatic rings. The molecule has 0 aliphatic carbocycles. The third-order valence-electron chi connectivity index (χ3n) is 2.66. The largest absolute Gasteiger partial charge is 0.465 e. The summed E-state index contributed by atoms with van der Waals surface area (Å²) in [5.74, 6) is -0.828. The molecule has 0 atom stereocenters. The summed E-state index contributed by atoms with van der Waals surface area (Å²) in [4.78, 5) is 25.8. The molecule has 0 radical (unpaired) electrons. The highest BCUT2D eigenvalue weighted by molar-refractivity contribution is 7.19. The van der Waals surface area contributed by atoms with Crippen LogP contribution in [0.1, 0.15) is 33.4 Å². The molecular formula is C12H19N3O3S. The molecule has 19 heavy (non-hydrogen) atoms. The molecule has 0 aliphatic rings. The van der Waals surface area contributed by atoms with E-state index in [1.165, 1.54) is 25.5 Å². The first-order valence-electron chi connectivity index (χ1n) is 5.91. The second kappa shape index (κ2) is 6.42. The maximum Gasteiger partial charge on any atom is 0.350 e. The number of thiophene rings is 1. The van der Waals surface area contributed by atoms with Gasteiger partial charge in [-0.1, -0.05) is 6.92 Å². The van der Waals surface area contributed by atoms with Gasteiger partial charge >= 0.3 is 5.97 Å². The Morgan fingerprint density at radius 3 is 2.58 bits per heavy atom. The van der Waals surface area contributed by atoms with Crippen molar-refractivity contribution in [2.24, 2.45) is 0 Å². The van der Waals surface area contributed by atoms with E-state index in [1.807, 2.05) is 18.9 Å². The van der Waals surface area contributed by atoms with Gasteiger partial charge in [-0.15, -0.1) is 11.3 Å². The quantitative estimate of drug-likeness (QED) is 0.797. The minimum Gasteiger partial charge on any atom is -0.465 e. The van der Waals surface area contributed by atoms with Crippen LogP contribution in [0.4, 0.5) is 10.7 Å². The number of carbonyl (C=O) groups is 2. The van der Waals surface area contributed by atoms with Crippen LogP contribution in [-0.2, 0) is 4.74 Å². The minimum absolute atomic E-state index is 0.175. The van der Waals surface area contributed by atoms with Crippen molar-refractivity contribution in [3.05, 3.63) is 10.4 Å². The van der Waals surface area contributed by atoms with E-state index in [0.29, 0.717) is 10.6 Å². The third-order valence-corrected chi connectivity index (χ3v) is 3.96.